The minimum atomic E-state index is -0.0961. The van der Waals surface area contributed by atoms with Gasteiger partial charge in [0.15, 0.2) is 0 Å². The number of ether oxygens (including phenoxy) is 1. The molecule has 3 rings (SSSR count). The van der Waals surface area contributed by atoms with Gasteiger partial charge in [0.25, 0.3) is 5.91 Å². The molecule has 5 nitrogen and oxygen atoms in total. The van der Waals surface area contributed by atoms with E-state index in [1.807, 2.05) is 23.1 Å². The summed E-state index contributed by atoms with van der Waals surface area (Å²) in [5.41, 5.74) is 2.71. The van der Waals surface area contributed by atoms with E-state index in [2.05, 4.69) is 12.2 Å². The van der Waals surface area contributed by atoms with Crippen molar-refractivity contribution in [2.24, 2.45) is 11.8 Å². The number of methoxy groups -OCH3 is 1. The molecule has 1 aliphatic carbocycles. The summed E-state index contributed by atoms with van der Waals surface area (Å²) >= 11 is 0. The molecule has 24 heavy (non-hydrogen) atoms. The Bertz CT molecular complexity index is 639. The summed E-state index contributed by atoms with van der Waals surface area (Å²) in [4.78, 5) is 26.5. The quantitative estimate of drug-likeness (QED) is 0.843. The molecule has 2 atom stereocenters. The Morgan fingerprint density at radius 3 is 2.71 bits per heavy atom. The minimum absolute atomic E-state index is 0.0944. The van der Waals surface area contributed by atoms with Crippen LogP contribution in [0.3, 0.4) is 0 Å². The Balaban J connectivity index is 1.85. The number of benzene rings is 1. The van der Waals surface area contributed by atoms with E-state index in [4.69, 9.17) is 4.74 Å². The number of carbonyl (C=O) groups is 2. The molecule has 0 unspecified atom stereocenters. The molecule has 2 amide bonds. The van der Waals surface area contributed by atoms with E-state index in [1.54, 1.807) is 14.0 Å². The van der Waals surface area contributed by atoms with Gasteiger partial charge in [0, 0.05) is 37.9 Å². The number of rotatable bonds is 5. The number of carbonyl (C=O) groups excluding carboxylic acids is 2. The van der Waals surface area contributed by atoms with Gasteiger partial charge in [-0.3, -0.25) is 9.59 Å². The van der Waals surface area contributed by atoms with Crippen LogP contribution in [0.2, 0.25) is 0 Å². The van der Waals surface area contributed by atoms with Crippen LogP contribution < -0.4 is 10.2 Å². The summed E-state index contributed by atoms with van der Waals surface area (Å²) in [7, 11) is 1.61. The van der Waals surface area contributed by atoms with E-state index >= 15 is 0 Å². The highest BCUT2D eigenvalue weighted by molar-refractivity contribution is 5.97. The molecule has 0 spiro atoms. The molecule has 5 heteroatoms. The van der Waals surface area contributed by atoms with Gasteiger partial charge in [-0.2, -0.15) is 0 Å². The average molecular weight is 330 g/mol. The van der Waals surface area contributed by atoms with Gasteiger partial charge in [0.05, 0.1) is 6.61 Å². The van der Waals surface area contributed by atoms with Gasteiger partial charge >= 0.3 is 0 Å². The fourth-order valence-corrected chi connectivity index (χ4v) is 3.87. The Kier molecular flexibility index (Phi) is 4.90. The second kappa shape index (κ2) is 6.93. The Morgan fingerprint density at radius 1 is 1.33 bits per heavy atom. The van der Waals surface area contributed by atoms with Crippen LogP contribution in [0.15, 0.2) is 18.2 Å². The van der Waals surface area contributed by atoms with Crippen LogP contribution in [-0.2, 0) is 16.0 Å². The lowest BCUT2D eigenvalue weighted by atomic mass is 9.83. The van der Waals surface area contributed by atoms with E-state index in [1.165, 1.54) is 12.8 Å². The van der Waals surface area contributed by atoms with Crippen LogP contribution in [0.1, 0.15) is 42.6 Å². The highest BCUT2D eigenvalue weighted by atomic mass is 16.5. The van der Waals surface area contributed by atoms with Gasteiger partial charge in [-0.05, 0) is 54.9 Å². The zero-order valence-electron chi connectivity index (χ0n) is 14.7. The number of nitrogens with one attached hydrogen (secondary N) is 1. The summed E-state index contributed by atoms with van der Waals surface area (Å²) < 4.78 is 4.95. The predicted octanol–water partition coefficient (Wildman–Crippen LogP) is 2.39. The SMILES string of the molecule is COCCNC(=O)c1ccc2c(c1)C[C@@H](C)[C@H](C1CC1)N2C(C)=O. The number of hydrogen-bond donors (Lipinski definition) is 1. The van der Waals surface area contributed by atoms with Crippen LogP contribution in [0.5, 0.6) is 0 Å². The highest BCUT2D eigenvalue weighted by Gasteiger charge is 2.43. The third-order valence-electron chi connectivity index (χ3n) is 5.06. The van der Waals surface area contributed by atoms with Crippen molar-refractivity contribution in [2.75, 3.05) is 25.2 Å². The highest BCUT2D eigenvalue weighted by Crippen LogP contribution is 2.45. The van der Waals surface area contributed by atoms with Crippen molar-refractivity contribution in [3.63, 3.8) is 0 Å². The van der Waals surface area contributed by atoms with Crippen LogP contribution in [0.4, 0.5) is 5.69 Å². The summed E-state index contributed by atoms with van der Waals surface area (Å²) in [5, 5.41) is 2.84. The first-order valence-corrected chi connectivity index (χ1v) is 8.72. The van der Waals surface area contributed by atoms with Crippen molar-refractivity contribution in [3.8, 4) is 0 Å². The fraction of sp³-hybridized carbons (Fsp3) is 0.579. The maximum absolute atomic E-state index is 12.3. The molecule has 0 radical (unpaired) electrons. The first-order chi connectivity index (χ1) is 11.5. The van der Waals surface area contributed by atoms with Crippen molar-refractivity contribution in [3.05, 3.63) is 29.3 Å². The lowest BCUT2D eigenvalue weighted by molar-refractivity contribution is -0.117. The summed E-state index contributed by atoms with van der Waals surface area (Å²) in [6, 6.07) is 5.99. The van der Waals surface area contributed by atoms with E-state index in [-0.39, 0.29) is 11.8 Å². The second-order valence-electron chi connectivity index (χ2n) is 6.99. The molecule has 1 aromatic carbocycles. The molecular formula is C19H26N2O3. The maximum atomic E-state index is 12.3. The molecule has 130 valence electrons. The zero-order valence-corrected chi connectivity index (χ0v) is 14.7. The standard InChI is InChI=1S/C19H26N2O3/c1-12-10-16-11-15(19(23)20-8-9-24-3)6-7-17(16)21(13(2)22)18(12)14-4-5-14/h6-7,11-12,14,18H,4-5,8-10H2,1-3H3,(H,20,23)/t12-,18-/m1/s1. The number of amides is 2. The molecule has 0 saturated heterocycles. The lowest BCUT2D eigenvalue weighted by Crippen LogP contribution is -2.48. The molecule has 1 N–H and O–H groups in total. The van der Waals surface area contributed by atoms with Crippen LogP contribution in [0.25, 0.3) is 0 Å². The van der Waals surface area contributed by atoms with E-state index in [0.717, 1.165) is 17.7 Å². The Labute approximate surface area is 143 Å². The van der Waals surface area contributed by atoms with Gasteiger partial charge < -0.3 is 15.0 Å². The largest absolute Gasteiger partial charge is 0.383 e. The normalized spacial score (nSPS) is 22.9. The Morgan fingerprint density at radius 2 is 2.08 bits per heavy atom. The van der Waals surface area contributed by atoms with Crippen molar-refractivity contribution >= 4 is 17.5 Å². The number of nitrogens with zero attached hydrogens (tertiary/aromatic N) is 1. The van der Waals surface area contributed by atoms with Crippen molar-refractivity contribution in [1.82, 2.24) is 5.32 Å². The Hall–Kier alpha value is -1.88. The minimum Gasteiger partial charge on any atom is -0.383 e. The summed E-state index contributed by atoms with van der Waals surface area (Å²) in [5.74, 6) is 1.05. The molecule has 1 aromatic rings. The monoisotopic (exact) mass is 330 g/mol. The molecule has 0 bridgehead atoms. The summed E-state index contributed by atoms with van der Waals surface area (Å²) in [6.07, 6.45) is 3.35. The molecule has 1 heterocycles. The summed E-state index contributed by atoms with van der Waals surface area (Å²) in [6.45, 7) is 4.84. The molecule has 2 aliphatic rings. The van der Waals surface area contributed by atoms with E-state index in [9.17, 15) is 9.59 Å². The maximum Gasteiger partial charge on any atom is 0.251 e. The van der Waals surface area contributed by atoms with Crippen LogP contribution in [-0.4, -0.2) is 38.1 Å². The van der Waals surface area contributed by atoms with Gasteiger partial charge in [0.2, 0.25) is 5.91 Å². The molecular weight excluding hydrogens is 304 g/mol. The van der Waals surface area contributed by atoms with Gasteiger partial charge in [0.1, 0.15) is 0 Å². The van der Waals surface area contributed by atoms with Crippen molar-refractivity contribution in [2.45, 2.75) is 39.2 Å². The first-order valence-electron chi connectivity index (χ1n) is 8.72. The number of fused-ring (bicyclic) bond motifs is 1. The molecule has 1 aliphatic heterocycles. The lowest BCUT2D eigenvalue weighted by Gasteiger charge is -2.41. The topological polar surface area (TPSA) is 58.6 Å². The van der Waals surface area contributed by atoms with Gasteiger partial charge in [-0.1, -0.05) is 6.92 Å². The number of hydrogen-bond acceptors (Lipinski definition) is 3. The fourth-order valence-electron chi connectivity index (χ4n) is 3.87. The van der Waals surface area contributed by atoms with Gasteiger partial charge in [-0.15, -0.1) is 0 Å². The second-order valence-corrected chi connectivity index (χ2v) is 6.99. The van der Waals surface area contributed by atoms with E-state index < -0.39 is 0 Å². The third kappa shape index (κ3) is 3.31. The molecule has 1 fully saturated rings. The van der Waals surface area contributed by atoms with Crippen LogP contribution in [0, 0.1) is 11.8 Å². The zero-order chi connectivity index (χ0) is 17.3. The number of anilines is 1. The van der Waals surface area contributed by atoms with E-state index in [0.29, 0.717) is 36.6 Å². The molecule has 1 saturated carbocycles. The van der Waals surface area contributed by atoms with Crippen molar-refractivity contribution in [1.29, 1.82) is 0 Å². The van der Waals surface area contributed by atoms with Gasteiger partial charge in [-0.25, -0.2) is 0 Å². The smallest absolute Gasteiger partial charge is 0.251 e. The predicted molar refractivity (Wildman–Crippen MR) is 93.2 cm³/mol. The average Bonchev–Trinajstić information content (AvgIpc) is 3.37. The van der Waals surface area contributed by atoms with Crippen LogP contribution >= 0.6 is 0 Å². The molecule has 0 aromatic heterocycles. The first kappa shape index (κ1) is 17.0. The van der Waals surface area contributed by atoms with Crippen molar-refractivity contribution < 1.29 is 14.3 Å². The third-order valence-corrected chi connectivity index (χ3v) is 5.06.